The molecule has 2 rings (SSSR count). The highest BCUT2D eigenvalue weighted by Gasteiger charge is 2.46. The molecule has 1 aromatic heterocycles. The molecule has 94 valence electrons. The van der Waals surface area contributed by atoms with E-state index in [2.05, 4.69) is 5.10 Å². The molecule has 17 heavy (non-hydrogen) atoms. The van der Waals surface area contributed by atoms with Gasteiger partial charge in [0.25, 0.3) is 5.92 Å². The van der Waals surface area contributed by atoms with Gasteiger partial charge in [0.15, 0.2) is 0 Å². The lowest BCUT2D eigenvalue weighted by molar-refractivity contribution is -0.385. The Hall–Kier alpha value is -1.57. The zero-order valence-corrected chi connectivity index (χ0v) is 8.79. The molecule has 1 aliphatic carbocycles. The maximum atomic E-state index is 13.6. The van der Waals surface area contributed by atoms with Gasteiger partial charge in [0, 0.05) is 12.8 Å². The number of nitrogens with zero attached hydrogens (tertiary/aromatic N) is 3. The van der Waals surface area contributed by atoms with E-state index < -0.39 is 29.4 Å². The predicted molar refractivity (Wildman–Crippen MR) is 52.7 cm³/mol. The smallest absolute Gasteiger partial charge is 0.307 e. The maximum absolute atomic E-state index is 13.6. The lowest BCUT2D eigenvalue weighted by Crippen LogP contribution is -2.39. The van der Waals surface area contributed by atoms with Gasteiger partial charge in [0.2, 0.25) is 0 Å². The summed E-state index contributed by atoms with van der Waals surface area (Å²) in [6.07, 6.45) is 0.529. The standard InChI is InChI=1S/C9H11F2N3O3/c10-9(11)2-1-7(15)3-8(9)13-5-6(4-12-13)14(16)17/h4-5,7-8,15H,1-3H2/t7-,8+/m0/s1. The van der Waals surface area contributed by atoms with Gasteiger partial charge in [0.05, 0.1) is 11.0 Å². The van der Waals surface area contributed by atoms with E-state index in [1.165, 1.54) is 0 Å². The molecule has 0 amide bonds. The van der Waals surface area contributed by atoms with Crippen LogP contribution >= 0.6 is 0 Å². The fraction of sp³-hybridized carbons (Fsp3) is 0.667. The lowest BCUT2D eigenvalue weighted by Gasteiger charge is -2.33. The second kappa shape index (κ2) is 4.02. The van der Waals surface area contributed by atoms with E-state index in [0.717, 1.165) is 17.1 Å². The monoisotopic (exact) mass is 247 g/mol. The number of rotatable bonds is 2. The first-order valence-electron chi connectivity index (χ1n) is 5.14. The molecule has 0 saturated heterocycles. The van der Waals surface area contributed by atoms with Gasteiger partial charge in [-0.15, -0.1) is 0 Å². The van der Waals surface area contributed by atoms with Crippen LogP contribution in [0.3, 0.4) is 0 Å². The minimum absolute atomic E-state index is 0.0346. The number of alkyl halides is 2. The number of hydrogen-bond donors (Lipinski definition) is 1. The minimum atomic E-state index is -3.00. The summed E-state index contributed by atoms with van der Waals surface area (Å²) in [4.78, 5) is 9.74. The molecule has 0 unspecified atom stereocenters. The molecular formula is C9H11F2N3O3. The number of aromatic nitrogens is 2. The summed E-state index contributed by atoms with van der Waals surface area (Å²) in [6.45, 7) is 0. The molecule has 1 aromatic rings. The molecule has 0 aliphatic heterocycles. The predicted octanol–water partition coefficient (Wildman–Crippen LogP) is 1.51. The first kappa shape index (κ1) is 11.9. The van der Waals surface area contributed by atoms with Crippen molar-refractivity contribution in [3.63, 3.8) is 0 Å². The molecule has 1 fully saturated rings. The Kier molecular flexibility index (Phi) is 2.82. The average Bonchev–Trinajstić information content (AvgIpc) is 2.70. The van der Waals surface area contributed by atoms with Crippen LogP contribution < -0.4 is 0 Å². The highest BCUT2D eigenvalue weighted by molar-refractivity contribution is 5.21. The molecule has 0 bridgehead atoms. The fourth-order valence-corrected chi connectivity index (χ4v) is 1.97. The average molecular weight is 247 g/mol. The van der Waals surface area contributed by atoms with Gasteiger partial charge >= 0.3 is 5.69 Å². The lowest BCUT2D eigenvalue weighted by atomic mass is 9.89. The van der Waals surface area contributed by atoms with Crippen LogP contribution in [-0.2, 0) is 0 Å². The van der Waals surface area contributed by atoms with Crippen LogP contribution in [0.25, 0.3) is 0 Å². The molecule has 1 saturated carbocycles. The Morgan fingerprint density at radius 1 is 1.65 bits per heavy atom. The Morgan fingerprint density at radius 3 is 2.94 bits per heavy atom. The van der Waals surface area contributed by atoms with Gasteiger partial charge < -0.3 is 5.11 Å². The molecule has 1 N–H and O–H groups in total. The number of halogens is 2. The number of nitro groups is 1. The molecule has 8 heteroatoms. The highest BCUT2D eigenvalue weighted by Crippen LogP contribution is 2.41. The fourth-order valence-electron chi connectivity index (χ4n) is 1.97. The van der Waals surface area contributed by atoms with Gasteiger partial charge in [-0.3, -0.25) is 14.8 Å². The summed E-state index contributed by atoms with van der Waals surface area (Å²) < 4.78 is 28.1. The van der Waals surface area contributed by atoms with Crippen molar-refractivity contribution in [3.8, 4) is 0 Å². The molecule has 0 radical (unpaired) electrons. The maximum Gasteiger partial charge on any atom is 0.307 e. The zero-order chi connectivity index (χ0) is 12.6. The van der Waals surface area contributed by atoms with Crippen molar-refractivity contribution in [2.45, 2.75) is 37.3 Å². The summed E-state index contributed by atoms with van der Waals surface area (Å²) in [5.74, 6) is -3.00. The van der Waals surface area contributed by atoms with Crippen LogP contribution in [0.15, 0.2) is 12.4 Å². The van der Waals surface area contributed by atoms with Crippen LogP contribution in [0.5, 0.6) is 0 Å². The summed E-state index contributed by atoms with van der Waals surface area (Å²) in [6, 6.07) is -1.32. The highest BCUT2D eigenvalue weighted by atomic mass is 19.3. The second-order valence-electron chi connectivity index (χ2n) is 4.14. The van der Waals surface area contributed by atoms with Crippen LogP contribution in [0, 0.1) is 10.1 Å². The number of aliphatic hydroxyl groups is 1. The Balaban J connectivity index is 2.26. The Morgan fingerprint density at radius 2 is 2.35 bits per heavy atom. The summed E-state index contributed by atoms with van der Waals surface area (Å²) in [5.41, 5.74) is -0.333. The largest absolute Gasteiger partial charge is 0.393 e. The molecule has 0 spiro atoms. The van der Waals surface area contributed by atoms with Crippen molar-refractivity contribution < 1.29 is 18.8 Å². The third kappa shape index (κ3) is 2.26. The first-order chi connectivity index (χ1) is 7.90. The summed E-state index contributed by atoms with van der Waals surface area (Å²) in [5, 5.41) is 23.4. The third-order valence-corrected chi connectivity index (χ3v) is 2.91. The minimum Gasteiger partial charge on any atom is -0.393 e. The van der Waals surface area contributed by atoms with E-state index in [0.29, 0.717) is 0 Å². The van der Waals surface area contributed by atoms with E-state index in [1.807, 2.05) is 0 Å². The SMILES string of the molecule is O=[N+]([O-])c1cnn([C@@H]2C[C@@H](O)CCC2(F)F)c1. The van der Waals surface area contributed by atoms with E-state index in [9.17, 15) is 24.0 Å². The molecule has 6 nitrogen and oxygen atoms in total. The van der Waals surface area contributed by atoms with Gasteiger partial charge in [-0.1, -0.05) is 0 Å². The van der Waals surface area contributed by atoms with E-state index in [1.54, 1.807) is 0 Å². The molecule has 1 aliphatic rings. The van der Waals surface area contributed by atoms with Crippen molar-refractivity contribution >= 4 is 5.69 Å². The first-order valence-corrected chi connectivity index (χ1v) is 5.14. The van der Waals surface area contributed by atoms with Crippen LogP contribution in [0.4, 0.5) is 14.5 Å². The summed E-state index contributed by atoms with van der Waals surface area (Å²) in [7, 11) is 0. The van der Waals surface area contributed by atoms with E-state index >= 15 is 0 Å². The van der Waals surface area contributed by atoms with Gasteiger partial charge in [-0.25, -0.2) is 8.78 Å². The van der Waals surface area contributed by atoms with E-state index in [4.69, 9.17) is 0 Å². The Labute approximate surface area is 95.0 Å². The summed E-state index contributed by atoms with van der Waals surface area (Å²) >= 11 is 0. The quantitative estimate of drug-likeness (QED) is 0.634. The number of aliphatic hydroxyl groups excluding tert-OH is 1. The van der Waals surface area contributed by atoms with Crippen molar-refractivity contribution in [2.75, 3.05) is 0 Å². The topological polar surface area (TPSA) is 81.2 Å². The molecule has 1 heterocycles. The third-order valence-electron chi connectivity index (χ3n) is 2.91. The van der Waals surface area contributed by atoms with Crippen LogP contribution in [0.2, 0.25) is 0 Å². The van der Waals surface area contributed by atoms with Gasteiger partial charge in [-0.2, -0.15) is 5.10 Å². The number of hydrogen-bond acceptors (Lipinski definition) is 4. The second-order valence-corrected chi connectivity index (χ2v) is 4.14. The van der Waals surface area contributed by atoms with Gasteiger partial charge in [-0.05, 0) is 6.42 Å². The van der Waals surface area contributed by atoms with Crippen molar-refractivity contribution in [2.24, 2.45) is 0 Å². The normalized spacial score (nSPS) is 27.9. The molecule has 2 atom stereocenters. The Bertz CT molecular complexity index is 435. The van der Waals surface area contributed by atoms with Gasteiger partial charge in [0.1, 0.15) is 18.4 Å². The van der Waals surface area contributed by atoms with Crippen LogP contribution in [0.1, 0.15) is 25.3 Å². The van der Waals surface area contributed by atoms with Crippen LogP contribution in [-0.4, -0.2) is 31.8 Å². The van der Waals surface area contributed by atoms with E-state index in [-0.39, 0.29) is 18.5 Å². The molecular weight excluding hydrogens is 236 g/mol. The van der Waals surface area contributed by atoms with Crippen molar-refractivity contribution in [1.29, 1.82) is 0 Å². The van der Waals surface area contributed by atoms with Crippen molar-refractivity contribution in [3.05, 3.63) is 22.5 Å². The zero-order valence-electron chi connectivity index (χ0n) is 8.79. The van der Waals surface area contributed by atoms with Crippen molar-refractivity contribution in [1.82, 2.24) is 9.78 Å². The molecule has 0 aromatic carbocycles.